The molecule has 3 heterocycles. The van der Waals surface area contributed by atoms with Gasteiger partial charge in [0.25, 0.3) is 5.92 Å². The van der Waals surface area contributed by atoms with Crippen molar-refractivity contribution in [1.82, 2.24) is 34.8 Å². The number of hydrogen-bond donors (Lipinski definition) is 2. The molecule has 392 valence electrons. The average Bonchev–Trinajstić information content (AvgIpc) is 3.76. The SMILES string of the molecule is CN(CCCN)C(=O)N(c1nn(CC(F)(F)F)c2c(-c3ccc(CCC(C)(C)S(C)(=O)=O)nc3[C@H](Cc3cc(F)cc(F)c3)NC(=O)Cn3nc(C(F)(F)F)c4c3C(F)(F)C3C[C@H]43)ccc(Cl)c12)S(C)(=O)=O. The zero-order valence-electron chi connectivity index (χ0n) is 38.8. The second-order valence-corrected chi connectivity index (χ2v) is 23.4. The molecule has 1 unspecified atom stereocenters. The third kappa shape index (κ3) is 10.9. The van der Waals surface area contributed by atoms with Crippen molar-refractivity contribution in [3.05, 3.63) is 93.0 Å². The van der Waals surface area contributed by atoms with Crippen LogP contribution in [0.3, 0.4) is 0 Å². The first-order valence-electron chi connectivity index (χ1n) is 21.9. The van der Waals surface area contributed by atoms with Crippen molar-refractivity contribution in [3.63, 3.8) is 0 Å². The Balaban J connectivity index is 1.47. The van der Waals surface area contributed by atoms with Crippen molar-refractivity contribution in [2.45, 2.75) is 94.0 Å². The number of carbonyl (C=O) groups is 2. The predicted octanol–water partition coefficient (Wildman–Crippen LogP) is 8.04. The quantitative estimate of drug-likeness (QED) is 0.0861. The van der Waals surface area contributed by atoms with Gasteiger partial charge < -0.3 is 16.0 Å². The van der Waals surface area contributed by atoms with Crippen molar-refractivity contribution in [1.29, 1.82) is 0 Å². The fourth-order valence-electron chi connectivity index (χ4n) is 8.79. The number of anilines is 1. The maximum atomic E-state index is 15.6. The number of pyridine rings is 1. The van der Waals surface area contributed by atoms with Crippen molar-refractivity contribution < 1.29 is 70.3 Å². The van der Waals surface area contributed by atoms with E-state index in [0.29, 0.717) is 17.0 Å². The zero-order valence-corrected chi connectivity index (χ0v) is 41.2. The summed E-state index contributed by atoms with van der Waals surface area (Å²) in [5.74, 6) is -10.9. The number of nitrogens with two attached hydrogens (primary N) is 1. The molecule has 7 rings (SSSR count). The molecule has 28 heteroatoms. The minimum Gasteiger partial charge on any atom is -0.346 e. The largest absolute Gasteiger partial charge is 0.435 e. The summed E-state index contributed by atoms with van der Waals surface area (Å²) in [6.07, 6.45) is -9.70. The molecule has 2 aromatic carbocycles. The smallest absolute Gasteiger partial charge is 0.346 e. The monoisotopic (exact) mass is 1090 g/mol. The molecular formula is C44H46ClF10N9O6S2. The third-order valence-electron chi connectivity index (χ3n) is 12.7. The minimum atomic E-state index is -5.21. The number of urea groups is 1. The number of hydrogen-bond acceptors (Lipinski definition) is 10. The molecule has 2 aliphatic rings. The fraction of sp³-hybridized carbons (Fsp3) is 0.477. The van der Waals surface area contributed by atoms with Gasteiger partial charge in [-0.1, -0.05) is 23.7 Å². The summed E-state index contributed by atoms with van der Waals surface area (Å²) in [6.45, 7) is -0.408. The average molecular weight is 1090 g/mol. The molecule has 1 fully saturated rings. The summed E-state index contributed by atoms with van der Waals surface area (Å²) < 4.78 is 199. The van der Waals surface area contributed by atoms with Crippen molar-refractivity contribution >= 4 is 60.1 Å². The van der Waals surface area contributed by atoms with Crippen molar-refractivity contribution in [3.8, 4) is 11.1 Å². The van der Waals surface area contributed by atoms with Crippen LogP contribution in [0.25, 0.3) is 22.0 Å². The van der Waals surface area contributed by atoms with Gasteiger partial charge in [-0.3, -0.25) is 19.1 Å². The number of aromatic nitrogens is 5. The standard InChI is InChI=1S/C44H46ClF10N9O6S2/c1-41(2,71(4,67)68)12-11-25-7-8-26(27-9-10-30(45)34-36(27)63(21-42(48,49)50)60-39(34)64(72(5,69)70)40(66)61(3)14-6-13-56)35(57-25)31(17-22-15-23(46)18-24(47)16-22)58-32(65)20-62-38-33(37(59-62)44(53,54)55)28-19-29(28)43(38,51)52/h7-10,15-16,18,28-29,31H,6,11-14,17,19-21,56H2,1-5H3,(H,58,65)/t28-,29?,31-/m0/s1. The maximum absolute atomic E-state index is 15.6. The Hall–Kier alpha value is -5.54. The molecule has 0 saturated heterocycles. The molecule has 0 aliphatic heterocycles. The van der Waals surface area contributed by atoms with Gasteiger partial charge in [-0.25, -0.2) is 30.4 Å². The van der Waals surface area contributed by atoms with Crippen LogP contribution in [0.4, 0.5) is 54.5 Å². The second-order valence-electron chi connectivity index (χ2n) is 18.5. The highest BCUT2D eigenvalue weighted by molar-refractivity contribution is 7.93. The summed E-state index contributed by atoms with van der Waals surface area (Å²) in [7, 11) is -7.27. The molecule has 0 bridgehead atoms. The van der Waals surface area contributed by atoms with E-state index in [1.54, 1.807) is 0 Å². The number of nitrogens with zero attached hydrogens (tertiary/aromatic N) is 7. The summed E-state index contributed by atoms with van der Waals surface area (Å²) >= 11 is 6.68. The fourth-order valence-corrected chi connectivity index (χ4v) is 10.4. The van der Waals surface area contributed by atoms with Crippen LogP contribution in [0.1, 0.15) is 79.0 Å². The number of alkyl halides is 8. The molecule has 3 amide bonds. The highest BCUT2D eigenvalue weighted by Gasteiger charge is 2.68. The van der Waals surface area contributed by atoms with E-state index in [4.69, 9.17) is 22.3 Å². The Morgan fingerprint density at radius 3 is 2.18 bits per heavy atom. The van der Waals surface area contributed by atoms with Gasteiger partial charge in [-0.05, 0) is 88.2 Å². The first-order valence-corrected chi connectivity index (χ1v) is 26.0. The summed E-state index contributed by atoms with van der Waals surface area (Å²) in [5.41, 5.74) is 0.516. The number of rotatable bonds is 17. The van der Waals surface area contributed by atoms with E-state index in [9.17, 15) is 61.5 Å². The number of sulfonamides is 1. The van der Waals surface area contributed by atoms with Crippen molar-refractivity contribution in [2.24, 2.45) is 11.7 Å². The van der Waals surface area contributed by atoms with E-state index in [2.05, 4.69) is 15.5 Å². The normalized spacial score (nSPS) is 17.2. The summed E-state index contributed by atoms with van der Waals surface area (Å²) in [5, 5.41) is 8.94. The van der Waals surface area contributed by atoms with E-state index in [-0.39, 0.29) is 75.8 Å². The van der Waals surface area contributed by atoms with Crippen LogP contribution in [-0.4, -0.2) is 102 Å². The van der Waals surface area contributed by atoms with Crippen LogP contribution in [0.15, 0.2) is 42.5 Å². The Bertz CT molecular complexity index is 3180. The first-order chi connectivity index (χ1) is 33.1. The molecule has 0 radical (unpaired) electrons. The Labute approximate surface area is 410 Å². The molecule has 3 aromatic heterocycles. The molecule has 15 nitrogen and oxygen atoms in total. The van der Waals surface area contributed by atoms with Crippen LogP contribution >= 0.6 is 11.6 Å². The van der Waals surface area contributed by atoms with Gasteiger partial charge in [-0.15, -0.1) is 0 Å². The van der Waals surface area contributed by atoms with Gasteiger partial charge in [0.05, 0.1) is 38.7 Å². The summed E-state index contributed by atoms with van der Waals surface area (Å²) in [4.78, 5) is 33.7. The van der Waals surface area contributed by atoms with E-state index in [0.717, 1.165) is 35.4 Å². The highest BCUT2D eigenvalue weighted by atomic mass is 35.5. The topological polar surface area (TPSA) is 195 Å². The van der Waals surface area contributed by atoms with E-state index < -0.39 is 143 Å². The number of halogens is 11. The van der Waals surface area contributed by atoms with Gasteiger partial charge in [-0.2, -0.15) is 49.6 Å². The maximum Gasteiger partial charge on any atom is 0.435 e. The molecule has 2 aliphatic carbocycles. The van der Waals surface area contributed by atoms with Gasteiger partial charge >= 0.3 is 18.4 Å². The molecular weight excluding hydrogens is 1040 g/mol. The van der Waals surface area contributed by atoms with Gasteiger partial charge in [0.2, 0.25) is 15.9 Å². The van der Waals surface area contributed by atoms with Crippen molar-refractivity contribution in [2.75, 3.05) is 37.0 Å². The highest BCUT2D eigenvalue weighted by Crippen LogP contribution is 2.68. The lowest BCUT2D eigenvalue weighted by Gasteiger charge is -2.25. The minimum absolute atomic E-state index is 0.0655. The Morgan fingerprint density at radius 2 is 1.60 bits per heavy atom. The van der Waals surface area contributed by atoms with Gasteiger partial charge in [0.15, 0.2) is 21.3 Å². The van der Waals surface area contributed by atoms with Gasteiger partial charge in [0, 0.05) is 54.2 Å². The zero-order chi connectivity index (χ0) is 53.4. The lowest BCUT2D eigenvalue weighted by molar-refractivity contribution is -0.143. The van der Waals surface area contributed by atoms with E-state index in [1.807, 2.05) is 0 Å². The van der Waals surface area contributed by atoms with Crippen LogP contribution < -0.4 is 15.4 Å². The van der Waals surface area contributed by atoms with Crippen LogP contribution in [0.5, 0.6) is 0 Å². The Morgan fingerprint density at radius 1 is 0.958 bits per heavy atom. The van der Waals surface area contributed by atoms with E-state index >= 15 is 8.78 Å². The molecule has 5 aromatic rings. The number of nitrogens with one attached hydrogen (secondary N) is 1. The van der Waals surface area contributed by atoms with Crippen LogP contribution in [0, 0.1) is 17.6 Å². The molecule has 0 spiro atoms. The molecule has 1 saturated carbocycles. The number of carbonyl (C=O) groups excluding carboxylic acids is 2. The van der Waals surface area contributed by atoms with Gasteiger partial charge in [0.1, 0.15) is 30.4 Å². The van der Waals surface area contributed by atoms with E-state index in [1.165, 1.54) is 33.0 Å². The van der Waals surface area contributed by atoms with Crippen LogP contribution in [-0.2, 0) is 62.7 Å². The third-order valence-corrected chi connectivity index (χ3v) is 16.2. The lowest BCUT2D eigenvalue weighted by atomic mass is 9.93. The molecule has 3 atom stereocenters. The number of sulfone groups is 1. The number of benzene rings is 2. The first kappa shape index (κ1) is 54.2. The number of fused-ring (bicyclic) bond motifs is 4. The lowest BCUT2D eigenvalue weighted by Crippen LogP contribution is -2.45. The van der Waals surface area contributed by atoms with Crippen LogP contribution in [0.2, 0.25) is 5.02 Å². The summed E-state index contributed by atoms with van der Waals surface area (Å²) in [6, 6.07) is 4.10. The molecule has 72 heavy (non-hydrogen) atoms. The molecule has 3 N–H and O–H groups in total. The predicted molar refractivity (Wildman–Crippen MR) is 243 cm³/mol. The number of aryl methyl sites for hydroxylation is 1. The number of amides is 3. The second kappa shape index (κ2) is 19.1. The Kier molecular flexibility index (Phi) is 14.4.